The molecular weight excluding hydrogens is 256 g/mol. The highest BCUT2D eigenvalue weighted by Gasteiger charge is 2.09. The molecule has 96 valence electrons. The summed E-state index contributed by atoms with van der Waals surface area (Å²) in [6.07, 6.45) is 1.78. The van der Waals surface area contributed by atoms with Gasteiger partial charge in [-0.1, -0.05) is 48.5 Å². The van der Waals surface area contributed by atoms with E-state index in [9.17, 15) is 0 Å². The normalized spacial score (nSPS) is 11.1. The summed E-state index contributed by atoms with van der Waals surface area (Å²) >= 11 is 1.62. The smallest absolute Gasteiger partial charge is 0.220 e. The van der Waals surface area contributed by atoms with E-state index in [-0.39, 0.29) is 0 Å². The molecule has 0 aliphatic rings. The van der Waals surface area contributed by atoms with Crippen molar-refractivity contribution in [2.45, 2.75) is 19.0 Å². The molecule has 0 fully saturated rings. The van der Waals surface area contributed by atoms with E-state index in [1.807, 2.05) is 10.6 Å². The van der Waals surface area contributed by atoms with Crippen LogP contribution in [0.1, 0.15) is 12.5 Å². The number of hydrogen-bond donors (Lipinski definition) is 0. The number of nitrogens with zero attached hydrogens (tertiary/aromatic N) is 4. The number of rotatable bonds is 3. The Hall–Kier alpha value is -1.88. The van der Waals surface area contributed by atoms with Gasteiger partial charge in [-0.05, 0) is 18.7 Å². The summed E-state index contributed by atoms with van der Waals surface area (Å²) < 4.78 is 1.81. The Balaban J connectivity index is 2.15. The number of thioether (sulfide) groups is 1. The van der Waals surface area contributed by atoms with Gasteiger partial charge in [0.05, 0.1) is 5.69 Å². The summed E-state index contributed by atoms with van der Waals surface area (Å²) in [5.74, 6) is 1.60. The van der Waals surface area contributed by atoms with Crippen molar-refractivity contribution in [3.63, 3.8) is 0 Å². The summed E-state index contributed by atoms with van der Waals surface area (Å²) in [5, 5.41) is 5.28. The van der Waals surface area contributed by atoms with Gasteiger partial charge in [-0.15, -0.1) is 5.10 Å². The molecule has 0 bridgehead atoms. The molecule has 19 heavy (non-hydrogen) atoms. The molecule has 0 aliphatic heterocycles. The van der Waals surface area contributed by atoms with Gasteiger partial charge in [0.1, 0.15) is 0 Å². The zero-order valence-corrected chi connectivity index (χ0v) is 11.7. The van der Waals surface area contributed by atoms with E-state index < -0.39 is 0 Å². The molecule has 0 aliphatic carbocycles. The molecule has 3 rings (SSSR count). The van der Waals surface area contributed by atoms with Crippen molar-refractivity contribution in [2.24, 2.45) is 0 Å². The molecule has 0 saturated carbocycles. The Labute approximate surface area is 115 Å². The molecule has 3 aromatic rings. The van der Waals surface area contributed by atoms with Crippen LogP contribution in [0.3, 0.4) is 0 Å². The van der Waals surface area contributed by atoms with Gasteiger partial charge in [0.15, 0.2) is 0 Å². The summed E-state index contributed by atoms with van der Waals surface area (Å²) in [4.78, 5) is 8.67. The van der Waals surface area contributed by atoms with Gasteiger partial charge in [-0.2, -0.15) is 9.50 Å². The van der Waals surface area contributed by atoms with Crippen molar-refractivity contribution in [1.82, 2.24) is 19.6 Å². The van der Waals surface area contributed by atoms with E-state index >= 15 is 0 Å². The van der Waals surface area contributed by atoms with Crippen LogP contribution in [0.25, 0.3) is 17.0 Å². The number of aryl methyl sites for hydroxylation is 1. The first-order valence-corrected chi connectivity index (χ1v) is 7.18. The third kappa shape index (κ3) is 2.33. The highest BCUT2D eigenvalue weighted by atomic mass is 32.2. The average Bonchev–Trinajstić information content (AvgIpc) is 2.82. The molecule has 0 amide bonds. The topological polar surface area (TPSA) is 43.1 Å². The van der Waals surface area contributed by atoms with Crippen LogP contribution in [0, 0.1) is 6.92 Å². The second-order valence-electron chi connectivity index (χ2n) is 4.24. The Bertz CT molecular complexity index is 703. The van der Waals surface area contributed by atoms with Crippen LogP contribution in [0.15, 0.2) is 41.7 Å². The van der Waals surface area contributed by atoms with Crippen molar-refractivity contribution in [1.29, 1.82) is 0 Å². The van der Waals surface area contributed by atoms with Gasteiger partial charge in [0, 0.05) is 11.8 Å². The van der Waals surface area contributed by atoms with E-state index in [1.165, 1.54) is 5.56 Å². The summed E-state index contributed by atoms with van der Waals surface area (Å²) in [6.45, 7) is 4.17. The quantitative estimate of drug-likeness (QED) is 0.685. The van der Waals surface area contributed by atoms with Crippen molar-refractivity contribution >= 4 is 17.5 Å². The largest absolute Gasteiger partial charge is 0.253 e. The lowest BCUT2D eigenvalue weighted by atomic mass is 10.1. The van der Waals surface area contributed by atoms with Crippen LogP contribution in [-0.2, 0) is 0 Å². The third-order valence-electron chi connectivity index (χ3n) is 2.84. The first-order valence-electron chi connectivity index (χ1n) is 6.19. The molecule has 1 aromatic carbocycles. The van der Waals surface area contributed by atoms with Gasteiger partial charge in [-0.3, -0.25) is 0 Å². The van der Waals surface area contributed by atoms with Gasteiger partial charge in [0.25, 0.3) is 5.78 Å². The van der Waals surface area contributed by atoms with Crippen LogP contribution in [0.4, 0.5) is 0 Å². The second kappa shape index (κ2) is 5.01. The Morgan fingerprint density at radius 1 is 1.16 bits per heavy atom. The summed E-state index contributed by atoms with van der Waals surface area (Å²) in [7, 11) is 0. The molecule has 0 saturated heterocycles. The Kier molecular flexibility index (Phi) is 3.21. The van der Waals surface area contributed by atoms with E-state index in [0.717, 1.165) is 22.2 Å². The third-order valence-corrected chi connectivity index (χ3v) is 3.56. The number of benzene rings is 1. The SMILES string of the molecule is CCSc1nc2nccc(-c3ccc(C)cc3)n2n1. The molecule has 0 radical (unpaired) electrons. The van der Waals surface area contributed by atoms with Crippen LogP contribution >= 0.6 is 11.8 Å². The lowest BCUT2D eigenvalue weighted by Gasteiger charge is -2.03. The monoisotopic (exact) mass is 270 g/mol. The molecule has 0 spiro atoms. The molecule has 2 aromatic heterocycles. The zero-order valence-electron chi connectivity index (χ0n) is 10.9. The minimum Gasteiger partial charge on any atom is -0.220 e. The minimum absolute atomic E-state index is 0.647. The molecular formula is C14H14N4S. The van der Waals surface area contributed by atoms with Crippen LogP contribution in [0.5, 0.6) is 0 Å². The standard InChI is InChI=1S/C14H14N4S/c1-3-19-14-16-13-15-9-8-12(18(13)17-14)11-6-4-10(2)5-7-11/h4-9H,3H2,1-2H3. The van der Waals surface area contributed by atoms with Crippen molar-refractivity contribution in [3.8, 4) is 11.3 Å². The van der Waals surface area contributed by atoms with E-state index in [0.29, 0.717) is 5.78 Å². The first-order chi connectivity index (χ1) is 9.28. The van der Waals surface area contributed by atoms with Crippen LogP contribution < -0.4 is 0 Å². The first kappa shape index (κ1) is 12.2. The zero-order chi connectivity index (χ0) is 13.2. The number of hydrogen-bond acceptors (Lipinski definition) is 4. The molecule has 0 atom stereocenters. The maximum atomic E-state index is 4.51. The number of fused-ring (bicyclic) bond motifs is 1. The average molecular weight is 270 g/mol. The highest BCUT2D eigenvalue weighted by molar-refractivity contribution is 7.99. The molecule has 2 heterocycles. The molecule has 0 unspecified atom stereocenters. The van der Waals surface area contributed by atoms with Crippen molar-refractivity contribution in [3.05, 3.63) is 42.1 Å². The fourth-order valence-electron chi connectivity index (χ4n) is 1.91. The molecule has 5 heteroatoms. The van der Waals surface area contributed by atoms with Gasteiger partial charge >= 0.3 is 0 Å². The van der Waals surface area contributed by atoms with Crippen molar-refractivity contribution in [2.75, 3.05) is 5.75 Å². The molecule has 0 N–H and O–H groups in total. The lowest BCUT2D eigenvalue weighted by molar-refractivity contribution is 0.886. The summed E-state index contributed by atoms with van der Waals surface area (Å²) in [5.41, 5.74) is 3.38. The van der Waals surface area contributed by atoms with E-state index in [1.54, 1.807) is 18.0 Å². The predicted octanol–water partition coefficient (Wildman–Crippen LogP) is 3.21. The highest BCUT2D eigenvalue weighted by Crippen LogP contribution is 2.21. The number of aromatic nitrogens is 4. The van der Waals surface area contributed by atoms with Crippen molar-refractivity contribution < 1.29 is 0 Å². The van der Waals surface area contributed by atoms with Crippen LogP contribution in [-0.4, -0.2) is 25.3 Å². The minimum atomic E-state index is 0.647. The maximum absolute atomic E-state index is 4.51. The fourth-order valence-corrected chi connectivity index (χ4v) is 2.45. The van der Waals surface area contributed by atoms with Gasteiger partial charge < -0.3 is 0 Å². The Morgan fingerprint density at radius 3 is 2.68 bits per heavy atom. The predicted molar refractivity (Wildman–Crippen MR) is 77.4 cm³/mol. The second-order valence-corrected chi connectivity index (χ2v) is 5.47. The summed E-state index contributed by atoms with van der Waals surface area (Å²) in [6, 6.07) is 10.4. The van der Waals surface area contributed by atoms with E-state index in [4.69, 9.17) is 0 Å². The fraction of sp³-hybridized carbons (Fsp3) is 0.214. The lowest BCUT2D eigenvalue weighted by Crippen LogP contribution is -1.95. The van der Waals surface area contributed by atoms with Crippen LogP contribution in [0.2, 0.25) is 0 Å². The van der Waals surface area contributed by atoms with E-state index in [2.05, 4.69) is 53.2 Å². The molecule has 4 nitrogen and oxygen atoms in total. The van der Waals surface area contributed by atoms with Gasteiger partial charge in [-0.25, -0.2) is 4.98 Å². The van der Waals surface area contributed by atoms with Gasteiger partial charge in [0.2, 0.25) is 5.16 Å². The Morgan fingerprint density at radius 2 is 1.95 bits per heavy atom. The maximum Gasteiger partial charge on any atom is 0.253 e.